The minimum atomic E-state index is -0.650. The first-order valence-corrected chi connectivity index (χ1v) is 7.04. The molecule has 2 aliphatic heterocycles. The minimum absolute atomic E-state index is 0.0595. The van der Waals surface area contributed by atoms with E-state index in [-0.39, 0.29) is 11.7 Å². The van der Waals surface area contributed by atoms with Crippen LogP contribution < -0.4 is 5.32 Å². The number of Topliss-reactive ketones (excluding diaryl/α,β-unsaturated/α-hetero) is 1. The molecule has 0 saturated carbocycles. The van der Waals surface area contributed by atoms with E-state index in [1.165, 1.54) is 0 Å². The van der Waals surface area contributed by atoms with Crippen LogP contribution in [0.1, 0.15) is 32.6 Å². The van der Waals surface area contributed by atoms with Gasteiger partial charge in [-0.2, -0.15) is 0 Å². The smallest absolute Gasteiger partial charge is 0.259 e. The summed E-state index contributed by atoms with van der Waals surface area (Å²) in [6.07, 6.45) is 2.69. The molecule has 0 aromatic rings. The largest absolute Gasteiger partial charge is 0.363 e. The molecule has 0 radical (unpaired) electrons. The summed E-state index contributed by atoms with van der Waals surface area (Å²) in [4.78, 5) is 26.2. The molecule has 1 amide bonds. The zero-order valence-corrected chi connectivity index (χ0v) is 11.3. The summed E-state index contributed by atoms with van der Waals surface area (Å²) in [6, 6.07) is 0. The summed E-state index contributed by atoms with van der Waals surface area (Å²) >= 11 is 0. The van der Waals surface area contributed by atoms with Crippen LogP contribution in [0.4, 0.5) is 0 Å². The molecule has 0 bridgehead atoms. The third kappa shape index (κ3) is 2.01. The van der Waals surface area contributed by atoms with Gasteiger partial charge in [0.1, 0.15) is 5.60 Å². The highest BCUT2D eigenvalue weighted by molar-refractivity contribution is 5.99. The Hall–Kier alpha value is -1.20. The summed E-state index contributed by atoms with van der Waals surface area (Å²) in [5.41, 5.74) is 1.04. The van der Waals surface area contributed by atoms with Crippen molar-refractivity contribution in [1.82, 2.24) is 10.2 Å². The molecular formula is C14H20N2O3. The summed E-state index contributed by atoms with van der Waals surface area (Å²) < 4.78 is 5.83. The van der Waals surface area contributed by atoms with E-state index in [9.17, 15) is 9.59 Å². The van der Waals surface area contributed by atoms with Crippen LogP contribution in [0.15, 0.2) is 11.3 Å². The topological polar surface area (TPSA) is 58.6 Å². The number of carbonyl (C=O) groups is 2. The fourth-order valence-electron chi connectivity index (χ4n) is 3.29. The molecular weight excluding hydrogens is 244 g/mol. The van der Waals surface area contributed by atoms with Gasteiger partial charge in [0.05, 0.1) is 6.61 Å². The summed E-state index contributed by atoms with van der Waals surface area (Å²) in [6.45, 7) is 4.61. The molecule has 1 N–H and O–H groups in total. The maximum Gasteiger partial charge on any atom is 0.259 e. The number of carbonyl (C=O) groups excluding carboxylic acids is 2. The maximum atomic E-state index is 12.8. The fourth-order valence-corrected chi connectivity index (χ4v) is 3.29. The van der Waals surface area contributed by atoms with Crippen LogP contribution in [-0.2, 0) is 14.3 Å². The normalized spacial score (nSPS) is 27.5. The van der Waals surface area contributed by atoms with Crippen LogP contribution in [0.2, 0.25) is 0 Å². The van der Waals surface area contributed by atoms with Crippen LogP contribution in [0.5, 0.6) is 0 Å². The standard InChI is InChI=1S/C14H20N2O3/c1-10-11(2-3-12(10)17)16-8-9-19-14(13(16)18)4-6-15-7-5-14/h15H,2-9H2,1H3. The lowest BCUT2D eigenvalue weighted by atomic mass is 9.89. The molecule has 3 rings (SSSR count). The molecule has 1 spiro atoms. The third-order valence-corrected chi connectivity index (χ3v) is 4.51. The number of rotatable bonds is 1. The van der Waals surface area contributed by atoms with Crippen molar-refractivity contribution in [2.24, 2.45) is 0 Å². The number of nitrogens with zero attached hydrogens (tertiary/aromatic N) is 1. The first kappa shape index (κ1) is 12.8. The number of hydrogen-bond acceptors (Lipinski definition) is 4. The minimum Gasteiger partial charge on any atom is -0.363 e. The Kier molecular flexibility index (Phi) is 3.19. The van der Waals surface area contributed by atoms with E-state index >= 15 is 0 Å². The van der Waals surface area contributed by atoms with Crippen LogP contribution >= 0.6 is 0 Å². The second-order valence-corrected chi connectivity index (χ2v) is 5.54. The Morgan fingerprint density at radius 3 is 2.58 bits per heavy atom. The van der Waals surface area contributed by atoms with Crippen molar-refractivity contribution in [2.45, 2.75) is 38.2 Å². The maximum absolute atomic E-state index is 12.8. The number of morpholine rings is 1. The van der Waals surface area contributed by atoms with Crippen LogP contribution in [-0.4, -0.2) is 48.4 Å². The van der Waals surface area contributed by atoms with Gasteiger partial charge in [0, 0.05) is 24.2 Å². The second kappa shape index (κ2) is 4.72. The molecule has 2 heterocycles. The van der Waals surface area contributed by atoms with Crippen molar-refractivity contribution >= 4 is 11.7 Å². The number of ether oxygens (including phenoxy) is 1. The zero-order chi connectivity index (χ0) is 13.5. The molecule has 0 aromatic carbocycles. The van der Waals surface area contributed by atoms with Gasteiger partial charge >= 0.3 is 0 Å². The Morgan fingerprint density at radius 1 is 1.21 bits per heavy atom. The summed E-state index contributed by atoms with van der Waals surface area (Å²) in [5.74, 6) is 0.234. The SMILES string of the molecule is CC1=C(N2CCOC3(CCNCC3)C2=O)CCC1=O. The van der Waals surface area contributed by atoms with E-state index in [1.54, 1.807) is 0 Å². The number of amides is 1. The van der Waals surface area contributed by atoms with E-state index in [2.05, 4.69) is 5.32 Å². The van der Waals surface area contributed by atoms with Gasteiger partial charge in [0.15, 0.2) is 5.78 Å². The molecule has 0 unspecified atom stereocenters. The van der Waals surface area contributed by atoms with Gasteiger partial charge in [-0.05, 0) is 39.3 Å². The monoisotopic (exact) mass is 264 g/mol. The molecule has 0 aromatic heterocycles. The zero-order valence-electron chi connectivity index (χ0n) is 11.3. The van der Waals surface area contributed by atoms with Crippen molar-refractivity contribution in [3.05, 3.63) is 11.3 Å². The van der Waals surface area contributed by atoms with Gasteiger partial charge in [0.25, 0.3) is 5.91 Å². The van der Waals surface area contributed by atoms with Gasteiger partial charge in [0.2, 0.25) is 0 Å². The van der Waals surface area contributed by atoms with Gasteiger partial charge < -0.3 is 15.0 Å². The average molecular weight is 264 g/mol. The van der Waals surface area contributed by atoms with Crippen molar-refractivity contribution in [2.75, 3.05) is 26.2 Å². The highest BCUT2D eigenvalue weighted by atomic mass is 16.5. The lowest BCUT2D eigenvalue weighted by Crippen LogP contribution is -2.59. The highest BCUT2D eigenvalue weighted by Crippen LogP contribution is 2.34. The average Bonchev–Trinajstić information content (AvgIpc) is 2.75. The number of allylic oxidation sites excluding steroid dienone is 2. The van der Waals surface area contributed by atoms with Crippen LogP contribution in [0, 0.1) is 0 Å². The van der Waals surface area contributed by atoms with Gasteiger partial charge in [-0.25, -0.2) is 0 Å². The van der Waals surface area contributed by atoms with Crippen molar-refractivity contribution in [3.8, 4) is 0 Å². The molecule has 5 nitrogen and oxygen atoms in total. The number of nitrogens with one attached hydrogen (secondary N) is 1. The summed E-state index contributed by atoms with van der Waals surface area (Å²) in [7, 11) is 0. The first-order chi connectivity index (χ1) is 9.14. The van der Waals surface area contributed by atoms with E-state index < -0.39 is 5.60 Å². The van der Waals surface area contributed by atoms with Crippen LogP contribution in [0.3, 0.4) is 0 Å². The number of ketones is 1. The Balaban J connectivity index is 1.87. The van der Waals surface area contributed by atoms with E-state index in [0.29, 0.717) is 26.0 Å². The third-order valence-electron chi connectivity index (χ3n) is 4.51. The molecule has 19 heavy (non-hydrogen) atoms. The predicted octanol–water partition coefficient (Wildman–Crippen LogP) is 0.604. The van der Waals surface area contributed by atoms with Crippen LogP contribution in [0.25, 0.3) is 0 Å². The van der Waals surface area contributed by atoms with Gasteiger partial charge in [-0.3, -0.25) is 9.59 Å². The fraction of sp³-hybridized carbons (Fsp3) is 0.714. The summed E-state index contributed by atoms with van der Waals surface area (Å²) in [5, 5.41) is 3.26. The molecule has 3 aliphatic rings. The van der Waals surface area contributed by atoms with Crippen molar-refractivity contribution in [3.63, 3.8) is 0 Å². The van der Waals surface area contributed by atoms with Crippen molar-refractivity contribution in [1.29, 1.82) is 0 Å². The lowest BCUT2D eigenvalue weighted by Gasteiger charge is -2.44. The van der Waals surface area contributed by atoms with Gasteiger partial charge in [-0.1, -0.05) is 0 Å². The first-order valence-electron chi connectivity index (χ1n) is 7.04. The van der Waals surface area contributed by atoms with Crippen molar-refractivity contribution < 1.29 is 14.3 Å². The Morgan fingerprint density at radius 2 is 1.95 bits per heavy atom. The molecule has 0 atom stereocenters. The molecule has 2 fully saturated rings. The lowest BCUT2D eigenvalue weighted by molar-refractivity contribution is -0.173. The quantitative estimate of drug-likeness (QED) is 0.753. The molecule has 5 heteroatoms. The number of hydrogen-bond donors (Lipinski definition) is 1. The Labute approximate surface area is 113 Å². The molecule has 2 saturated heterocycles. The molecule has 1 aliphatic carbocycles. The molecule has 104 valence electrons. The predicted molar refractivity (Wildman–Crippen MR) is 69.4 cm³/mol. The number of piperidine rings is 1. The Bertz CT molecular complexity index is 444. The second-order valence-electron chi connectivity index (χ2n) is 5.54. The highest BCUT2D eigenvalue weighted by Gasteiger charge is 2.47. The van der Waals surface area contributed by atoms with E-state index in [1.807, 2.05) is 11.8 Å². The van der Waals surface area contributed by atoms with Gasteiger partial charge in [-0.15, -0.1) is 0 Å². The van der Waals surface area contributed by atoms with E-state index in [0.717, 1.165) is 37.2 Å². The van der Waals surface area contributed by atoms with E-state index in [4.69, 9.17) is 4.74 Å².